The molecule has 0 radical (unpaired) electrons. The van der Waals surface area contributed by atoms with E-state index in [4.69, 9.17) is 11.6 Å². The van der Waals surface area contributed by atoms with E-state index in [2.05, 4.69) is 5.32 Å². The fourth-order valence-corrected chi connectivity index (χ4v) is 4.31. The Hall–Kier alpha value is -2.84. The highest BCUT2D eigenvalue weighted by atomic mass is 35.5. The monoisotopic (exact) mass is 443 g/mol. The van der Waals surface area contributed by atoms with Crippen molar-refractivity contribution in [2.45, 2.75) is 19.4 Å². The average molecular weight is 444 g/mol. The molecule has 1 N–H and O–H groups in total. The Labute approximate surface area is 182 Å². The van der Waals surface area contributed by atoms with Crippen LogP contribution in [0.25, 0.3) is 0 Å². The molecule has 0 aromatic heterocycles. The maximum absolute atomic E-state index is 12.8. The van der Waals surface area contributed by atoms with Gasteiger partial charge >= 0.3 is 0 Å². The van der Waals surface area contributed by atoms with Gasteiger partial charge in [-0.15, -0.1) is 0 Å². The fraction of sp³-hybridized carbons (Fsp3) is 0.238. The minimum atomic E-state index is -0.378. The van der Waals surface area contributed by atoms with Crippen molar-refractivity contribution in [1.29, 1.82) is 0 Å². The SMILES string of the molecule is O=C(Nc1cc(N2CCCC2=O)ccc1Cl)c1cccc(CN2C(=O)CSC2=O)c1. The lowest BCUT2D eigenvalue weighted by Gasteiger charge is -2.18. The van der Waals surface area contributed by atoms with E-state index in [1.54, 1.807) is 47.4 Å². The number of nitrogens with zero attached hydrogens (tertiary/aromatic N) is 2. The molecule has 30 heavy (non-hydrogen) atoms. The smallest absolute Gasteiger partial charge is 0.289 e. The van der Waals surface area contributed by atoms with Crippen molar-refractivity contribution in [2.24, 2.45) is 0 Å². The maximum atomic E-state index is 12.8. The number of amides is 4. The summed E-state index contributed by atoms with van der Waals surface area (Å²) in [6, 6.07) is 11.8. The van der Waals surface area contributed by atoms with Crippen LogP contribution < -0.4 is 10.2 Å². The topological polar surface area (TPSA) is 86.8 Å². The molecule has 4 rings (SSSR count). The van der Waals surface area contributed by atoms with Crippen LogP contribution in [0.3, 0.4) is 0 Å². The lowest BCUT2D eigenvalue weighted by atomic mass is 10.1. The normalized spacial score (nSPS) is 16.5. The van der Waals surface area contributed by atoms with Gasteiger partial charge in [-0.2, -0.15) is 0 Å². The Morgan fingerprint density at radius 2 is 1.93 bits per heavy atom. The molecule has 2 heterocycles. The molecule has 4 amide bonds. The van der Waals surface area contributed by atoms with Crippen molar-refractivity contribution in [2.75, 3.05) is 22.5 Å². The summed E-state index contributed by atoms with van der Waals surface area (Å²) in [6.45, 7) is 0.765. The van der Waals surface area contributed by atoms with Crippen LogP contribution in [-0.2, 0) is 16.1 Å². The predicted octanol–water partition coefficient (Wildman–Crippen LogP) is 3.91. The molecule has 0 unspecified atom stereocenters. The van der Waals surface area contributed by atoms with E-state index in [0.29, 0.717) is 40.5 Å². The van der Waals surface area contributed by atoms with Crippen molar-refractivity contribution in [3.63, 3.8) is 0 Å². The number of hydrogen-bond acceptors (Lipinski definition) is 5. The molecule has 2 aliphatic rings. The number of thioether (sulfide) groups is 1. The van der Waals surface area contributed by atoms with Crippen molar-refractivity contribution < 1.29 is 19.2 Å². The van der Waals surface area contributed by atoms with E-state index < -0.39 is 0 Å². The predicted molar refractivity (Wildman–Crippen MR) is 116 cm³/mol. The summed E-state index contributed by atoms with van der Waals surface area (Å²) in [7, 11) is 0. The van der Waals surface area contributed by atoms with Gasteiger partial charge in [0.15, 0.2) is 0 Å². The first-order chi connectivity index (χ1) is 14.4. The summed E-state index contributed by atoms with van der Waals surface area (Å²) in [5.74, 6) is -0.420. The van der Waals surface area contributed by atoms with Gasteiger partial charge in [0.2, 0.25) is 11.8 Å². The van der Waals surface area contributed by atoms with Gasteiger partial charge in [-0.25, -0.2) is 0 Å². The van der Waals surface area contributed by atoms with Gasteiger partial charge in [-0.05, 0) is 42.3 Å². The van der Waals surface area contributed by atoms with Crippen LogP contribution in [0.15, 0.2) is 42.5 Å². The number of carbonyl (C=O) groups excluding carboxylic acids is 4. The molecule has 0 spiro atoms. The Morgan fingerprint density at radius 3 is 2.63 bits per heavy atom. The number of hydrogen-bond donors (Lipinski definition) is 1. The van der Waals surface area contributed by atoms with Crippen LogP contribution in [0.5, 0.6) is 0 Å². The summed E-state index contributed by atoms with van der Waals surface area (Å²) in [5, 5.41) is 2.86. The van der Waals surface area contributed by atoms with Crippen LogP contribution in [0.2, 0.25) is 5.02 Å². The lowest BCUT2D eigenvalue weighted by molar-refractivity contribution is -0.125. The van der Waals surface area contributed by atoms with Gasteiger partial charge < -0.3 is 10.2 Å². The minimum absolute atomic E-state index is 0.0477. The molecule has 2 fully saturated rings. The highest BCUT2D eigenvalue weighted by Crippen LogP contribution is 2.30. The third kappa shape index (κ3) is 4.20. The zero-order valence-electron chi connectivity index (χ0n) is 15.9. The van der Waals surface area contributed by atoms with E-state index >= 15 is 0 Å². The Bertz CT molecular complexity index is 1040. The second-order valence-corrected chi connectivity index (χ2v) is 8.34. The van der Waals surface area contributed by atoms with Gasteiger partial charge in [-0.1, -0.05) is 35.5 Å². The molecule has 2 aromatic carbocycles. The van der Waals surface area contributed by atoms with Gasteiger partial charge in [0.05, 0.1) is 23.0 Å². The van der Waals surface area contributed by atoms with E-state index in [0.717, 1.165) is 18.2 Å². The van der Waals surface area contributed by atoms with Gasteiger partial charge in [-0.3, -0.25) is 24.1 Å². The first kappa shape index (κ1) is 20.4. The van der Waals surface area contributed by atoms with E-state index in [1.807, 2.05) is 0 Å². The number of imide groups is 1. The molecule has 2 saturated heterocycles. The van der Waals surface area contributed by atoms with E-state index in [9.17, 15) is 19.2 Å². The fourth-order valence-electron chi connectivity index (χ4n) is 3.42. The quantitative estimate of drug-likeness (QED) is 0.756. The van der Waals surface area contributed by atoms with Crippen molar-refractivity contribution in [3.05, 3.63) is 58.6 Å². The molecular weight excluding hydrogens is 426 g/mol. The summed E-state index contributed by atoms with van der Waals surface area (Å²) < 4.78 is 0. The Kier molecular flexibility index (Phi) is 5.78. The lowest BCUT2D eigenvalue weighted by Crippen LogP contribution is -2.28. The third-order valence-corrected chi connectivity index (χ3v) is 6.14. The summed E-state index contributed by atoms with van der Waals surface area (Å²) >= 11 is 7.22. The van der Waals surface area contributed by atoms with Crippen LogP contribution in [0.4, 0.5) is 16.2 Å². The van der Waals surface area contributed by atoms with Gasteiger partial charge in [0, 0.05) is 24.2 Å². The minimum Gasteiger partial charge on any atom is -0.321 e. The van der Waals surface area contributed by atoms with Crippen LogP contribution >= 0.6 is 23.4 Å². The van der Waals surface area contributed by atoms with Gasteiger partial charge in [0.1, 0.15) is 0 Å². The molecule has 0 saturated carbocycles. The van der Waals surface area contributed by atoms with E-state index in [-0.39, 0.29) is 35.3 Å². The number of anilines is 2. The van der Waals surface area contributed by atoms with Crippen molar-refractivity contribution >= 4 is 57.7 Å². The molecule has 154 valence electrons. The number of rotatable bonds is 5. The molecular formula is C21H18ClN3O4S. The molecule has 9 heteroatoms. The zero-order chi connectivity index (χ0) is 21.3. The largest absolute Gasteiger partial charge is 0.321 e. The summed E-state index contributed by atoms with van der Waals surface area (Å²) in [5.41, 5.74) is 2.15. The second kappa shape index (κ2) is 8.49. The standard InChI is InChI=1S/C21H18ClN3O4S/c22-16-7-6-15(24-8-2-5-18(24)26)10-17(16)23-20(28)14-4-1-3-13(9-14)11-25-19(27)12-30-21(25)29/h1,3-4,6-7,9-10H,2,5,8,11-12H2,(H,23,28). The first-order valence-corrected chi connectivity index (χ1v) is 10.8. The third-order valence-electron chi connectivity index (χ3n) is 4.95. The number of halogens is 1. The summed E-state index contributed by atoms with van der Waals surface area (Å²) in [4.78, 5) is 51.2. The van der Waals surface area contributed by atoms with Crippen molar-refractivity contribution in [1.82, 2.24) is 4.90 Å². The van der Waals surface area contributed by atoms with Gasteiger partial charge in [0.25, 0.3) is 11.1 Å². The highest BCUT2D eigenvalue weighted by molar-refractivity contribution is 8.14. The molecule has 2 aliphatic heterocycles. The molecule has 7 nitrogen and oxygen atoms in total. The van der Waals surface area contributed by atoms with Crippen LogP contribution in [0.1, 0.15) is 28.8 Å². The molecule has 0 aliphatic carbocycles. The average Bonchev–Trinajstić information content (AvgIpc) is 3.30. The number of nitrogens with one attached hydrogen (secondary N) is 1. The maximum Gasteiger partial charge on any atom is 0.289 e. The highest BCUT2D eigenvalue weighted by Gasteiger charge is 2.30. The Morgan fingerprint density at radius 1 is 1.10 bits per heavy atom. The van der Waals surface area contributed by atoms with Crippen LogP contribution in [-0.4, -0.2) is 40.2 Å². The Balaban J connectivity index is 1.51. The number of benzene rings is 2. The first-order valence-electron chi connectivity index (χ1n) is 9.40. The molecule has 0 bridgehead atoms. The second-order valence-electron chi connectivity index (χ2n) is 7.00. The van der Waals surface area contributed by atoms with Crippen molar-refractivity contribution in [3.8, 4) is 0 Å². The molecule has 0 atom stereocenters. The molecule has 2 aromatic rings. The van der Waals surface area contributed by atoms with E-state index in [1.165, 1.54) is 4.90 Å². The summed E-state index contributed by atoms with van der Waals surface area (Å²) in [6.07, 6.45) is 1.31. The zero-order valence-corrected chi connectivity index (χ0v) is 17.5. The van der Waals surface area contributed by atoms with Crippen LogP contribution in [0, 0.1) is 0 Å². The number of carbonyl (C=O) groups is 4.